The van der Waals surface area contributed by atoms with Crippen LogP contribution in [-0.4, -0.2) is 48.2 Å². The Morgan fingerprint density at radius 3 is 2.56 bits per heavy atom. The summed E-state index contributed by atoms with van der Waals surface area (Å²) in [5.41, 5.74) is 0. The topological polar surface area (TPSA) is 52.6 Å². The molecule has 0 spiro atoms. The number of likely N-dealkylation sites (tertiary alicyclic amines) is 1. The molecule has 4 nitrogen and oxygen atoms in total. The van der Waals surface area contributed by atoms with E-state index < -0.39 is 0 Å². The lowest BCUT2D eigenvalue weighted by atomic mass is 9.95. The number of carbonyl (C=O) groups excluding carboxylic acids is 1. The highest BCUT2D eigenvalue weighted by Crippen LogP contribution is 2.18. The Morgan fingerprint density at radius 2 is 1.94 bits per heavy atom. The monoisotopic (exact) mass is 226 g/mol. The van der Waals surface area contributed by atoms with Crippen molar-refractivity contribution in [3.8, 4) is 0 Å². The smallest absolute Gasteiger partial charge is 0.234 e. The van der Waals surface area contributed by atoms with Gasteiger partial charge in [0.1, 0.15) is 0 Å². The molecule has 1 saturated heterocycles. The van der Waals surface area contributed by atoms with E-state index in [1.807, 2.05) is 0 Å². The first-order valence-electron chi connectivity index (χ1n) is 6.40. The van der Waals surface area contributed by atoms with Gasteiger partial charge in [-0.05, 0) is 12.8 Å². The van der Waals surface area contributed by atoms with Crippen molar-refractivity contribution < 1.29 is 9.90 Å². The van der Waals surface area contributed by atoms with E-state index in [1.165, 1.54) is 19.3 Å². The van der Waals surface area contributed by atoms with E-state index in [4.69, 9.17) is 5.11 Å². The van der Waals surface area contributed by atoms with Gasteiger partial charge in [-0.2, -0.15) is 0 Å². The Bertz CT molecular complexity index is 233. The molecule has 1 aliphatic heterocycles. The molecular weight excluding hydrogens is 204 g/mol. The number of aliphatic hydroxyl groups is 1. The van der Waals surface area contributed by atoms with Crippen molar-refractivity contribution in [3.63, 3.8) is 0 Å². The number of nitrogens with one attached hydrogen (secondary N) is 1. The number of rotatable bonds is 4. The summed E-state index contributed by atoms with van der Waals surface area (Å²) in [5.74, 6) is 0.547. The Hall–Kier alpha value is -0.610. The third-order valence-electron chi connectivity index (χ3n) is 3.63. The average Bonchev–Trinajstić information content (AvgIpc) is 2.24. The minimum Gasteiger partial charge on any atom is -0.396 e. The van der Waals surface area contributed by atoms with Crippen molar-refractivity contribution >= 4 is 5.91 Å². The van der Waals surface area contributed by atoms with Crippen LogP contribution in [0, 0.1) is 5.92 Å². The molecule has 0 aromatic heterocycles. The second-order valence-electron chi connectivity index (χ2n) is 5.15. The van der Waals surface area contributed by atoms with Gasteiger partial charge in [-0.1, -0.05) is 19.3 Å². The SMILES string of the molecule is O=C(CN1CC(CO)C1)NC1CCCCC1. The van der Waals surface area contributed by atoms with E-state index in [0.717, 1.165) is 25.9 Å². The third kappa shape index (κ3) is 3.19. The molecule has 1 aliphatic carbocycles. The van der Waals surface area contributed by atoms with Crippen LogP contribution in [0.4, 0.5) is 0 Å². The summed E-state index contributed by atoms with van der Waals surface area (Å²) in [6.07, 6.45) is 6.11. The number of hydrogen-bond acceptors (Lipinski definition) is 3. The van der Waals surface area contributed by atoms with Gasteiger partial charge in [-0.25, -0.2) is 0 Å². The van der Waals surface area contributed by atoms with Crippen LogP contribution in [0.25, 0.3) is 0 Å². The van der Waals surface area contributed by atoms with Gasteiger partial charge < -0.3 is 10.4 Å². The van der Waals surface area contributed by atoms with Gasteiger partial charge in [-0.15, -0.1) is 0 Å². The molecule has 1 heterocycles. The first kappa shape index (κ1) is 11.9. The van der Waals surface area contributed by atoms with Gasteiger partial charge in [0, 0.05) is 31.7 Å². The van der Waals surface area contributed by atoms with Crippen molar-refractivity contribution in [1.82, 2.24) is 10.2 Å². The fraction of sp³-hybridized carbons (Fsp3) is 0.917. The molecule has 2 N–H and O–H groups in total. The molecule has 2 fully saturated rings. The van der Waals surface area contributed by atoms with Gasteiger partial charge in [-0.3, -0.25) is 9.69 Å². The van der Waals surface area contributed by atoms with Crippen molar-refractivity contribution in [3.05, 3.63) is 0 Å². The van der Waals surface area contributed by atoms with Crippen LogP contribution in [0.15, 0.2) is 0 Å². The fourth-order valence-corrected chi connectivity index (χ4v) is 2.64. The average molecular weight is 226 g/mol. The normalized spacial score (nSPS) is 24.1. The first-order chi connectivity index (χ1) is 7.78. The second-order valence-corrected chi connectivity index (χ2v) is 5.15. The molecule has 0 atom stereocenters. The highest BCUT2D eigenvalue weighted by Gasteiger charge is 2.27. The summed E-state index contributed by atoms with van der Waals surface area (Å²) in [6, 6.07) is 0.413. The van der Waals surface area contributed by atoms with Gasteiger partial charge in [0.15, 0.2) is 0 Å². The summed E-state index contributed by atoms with van der Waals surface area (Å²) in [5, 5.41) is 12.0. The molecule has 2 aliphatic rings. The van der Waals surface area contributed by atoms with Gasteiger partial charge >= 0.3 is 0 Å². The van der Waals surface area contributed by atoms with E-state index in [1.54, 1.807) is 0 Å². The maximum Gasteiger partial charge on any atom is 0.234 e. The van der Waals surface area contributed by atoms with Crippen molar-refractivity contribution in [2.75, 3.05) is 26.2 Å². The summed E-state index contributed by atoms with van der Waals surface area (Å²) < 4.78 is 0. The molecule has 0 unspecified atom stereocenters. The number of amides is 1. The minimum absolute atomic E-state index is 0.156. The summed E-state index contributed by atoms with van der Waals surface area (Å²) in [4.78, 5) is 13.8. The van der Waals surface area contributed by atoms with E-state index in [2.05, 4.69) is 10.2 Å². The molecule has 0 radical (unpaired) electrons. The van der Waals surface area contributed by atoms with Crippen molar-refractivity contribution in [2.45, 2.75) is 38.1 Å². The van der Waals surface area contributed by atoms with Crippen LogP contribution in [0.5, 0.6) is 0 Å². The predicted molar refractivity (Wildman–Crippen MR) is 62.0 cm³/mol. The zero-order valence-electron chi connectivity index (χ0n) is 9.82. The number of carbonyl (C=O) groups is 1. The standard InChI is InChI=1S/C12H22N2O2/c15-9-10-6-14(7-10)8-12(16)13-11-4-2-1-3-5-11/h10-11,15H,1-9H2,(H,13,16). The van der Waals surface area contributed by atoms with E-state index in [9.17, 15) is 4.79 Å². The zero-order valence-corrected chi connectivity index (χ0v) is 9.82. The van der Waals surface area contributed by atoms with Crippen molar-refractivity contribution in [1.29, 1.82) is 0 Å². The van der Waals surface area contributed by atoms with Crippen LogP contribution < -0.4 is 5.32 Å². The van der Waals surface area contributed by atoms with Crippen LogP contribution in [-0.2, 0) is 4.79 Å². The quantitative estimate of drug-likeness (QED) is 0.728. The Balaban J connectivity index is 1.61. The Labute approximate surface area is 97.0 Å². The molecule has 0 aromatic carbocycles. The molecule has 92 valence electrons. The lowest BCUT2D eigenvalue weighted by molar-refractivity contribution is -0.125. The minimum atomic E-state index is 0.156. The number of nitrogens with zero attached hydrogens (tertiary/aromatic N) is 1. The predicted octanol–water partition coefficient (Wildman–Crippen LogP) is 0.359. The maximum absolute atomic E-state index is 11.7. The summed E-state index contributed by atoms with van der Waals surface area (Å²) in [6.45, 7) is 2.50. The largest absolute Gasteiger partial charge is 0.396 e. The molecule has 1 amide bonds. The molecule has 1 saturated carbocycles. The molecular formula is C12H22N2O2. The highest BCUT2D eigenvalue weighted by molar-refractivity contribution is 5.78. The summed E-state index contributed by atoms with van der Waals surface area (Å²) in [7, 11) is 0. The fourth-order valence-electron chi connectivity index (χ4n) is 2.64. The van der Waals surface area contributed by atoms with Gasteiger partial charge in [0.2, 0.25) is 5.91 Å². The number of aliphatic hydroxyl groups excluding tert-OH is 1. The van der Waals surface area contributed by atoms with E-state index >= 15 is 0 Å². The molecule has 16 heavy (non-hydrogen) atoms. The van der Waals surface area contributed by atoms with Crippen LogP contribution in [0.3, 0.4) is 0 Å². The highest BCUT2D eigenvalue weighted by atomic mass is 16.3. The molecule has 4 heteroatoms. The zero-order chi connectivity index (χ0) is 11.4. The third-order valence-corrected chi connectivity index (χ3v) is 3.63. The molecule has 0 aromatic rings. The number of hydrogen-bond donors (Lipinski definition) is 2. The Morgan fingerprint density at radius 1 is 1.25 bits per heavy atom. The second kappa shape index (κ2) is 5.64. The lowest BCUT2D eigenvalue weighted by Gasteiger charge is -2.38. The van der Waals surface area contributed by atoms with Crippen molar-refractivity contribution in [2.24, 2.45) is 5.92 Å². The first-order valence-corrected chi connectivity index (χ1v) is 6.40. The summed E-state index contributed by atoms with van der Waals surface area (Å²) >= 11 is 0. The van der Waals surface area contributed by atoms with Crippen LogP contribution >= 0.6 is 0 Å². The maximum atomic E-state index is 11.7. The van der Waals surface area contributed by atoms with Gasteiger partial charge in [0.05, 0.1) is 6.54 Å². The van der Waals surface area contributed by atoms with E-state index in [-0.39, 0.29) is 12.5 Å². The van der Waals surface area contributed by atoms with Crippen LogP contribution in [0.2, 0.25) is 0 Å². The van der Waals surface area contributed by atoms with Crippen LogP contribution in [0.1, 0.15) is 32.1 Å². The van der Waals surface area contributed by atoms with Gasteiger partial charge in [0.25, 0.3) is 0 Å². The Kier molecular flexibility index (Phi) is 4.18. The molecule has 2 rings (SSSR count). The van der Waals surface area contributed by atoms with E-state index in [0.29, 0.717) is 18.5 Å². The molecule has 0 bridgehead atoms. The lowest BCUT2D eigenvalue weighted by Crippen LogP contribution is -2.53.